The van der Waals surface area contributed by atoms with Crippen LogP contribution < -0.4 is 5.56 Å². The van der Waals surface area contributed by atoms with Crippen LogP contribution in [0.25, 0.3) is 0 Å². The van der Waals surface area contributed by atoms with Gasteiger partial charge in [0, 0.05) is 37.1 Å². The topological polar surface area (TPSA) is 64.2 Å². The molecule has 0 amide bonds. The molecular formula is C20H26N4O2. The molecule has 1 saturated carbocycles. The van der Waals surface area contributed by atoms with Crippen molar-refractivity contribution in [1.82, 2.24) is 19.8 Å². The summed E-state index contributed by atoms with van der Waals surface area (Å²) in [4.78, 5) is 14.6. The van der Waals surface area contributed by atoms with Gasteiger partial charge in [-0.2, -0.15) is 5.10 Å². The molecule has 2 aromatic rings. The Kier molecular flexibility index (Phi) is 4.15. The molecule has 2 aliphatic carbocycles. The Morgan fingerprint density at radius 2 is 1.96 bits per heavy atom. The fraction of sp³-hybridized carbons (Fsp3) is 0.650. The zero-order chi connectivity index (χ0) is 17.5. The molecule has 3 heterocycles. The van der Waals surface area contributed by atoms with Gasteiger partial charge in [-0.3, -0.25) is 9.69 Å². The largest absolute Gasteiger partial charge is 0.361 e. The Bertz CT molecular complexity index is 844. The lowest BCUT2D eigenvalue weighted by molar-refractivity contribution is 0.159. The van der Waals surface area contributed by atoms with E-state index in [2.05, 4.69) is 15.2 Å². The summed E-state index contributed by atoms with van der Waals surface area (Å²) >= 11 is 0. The van der Waals surface area contributed by atoms with Crippen LogP contribution in [-0.2, 0) is 25.9 Å². The molecule has 0 atom stereocenters. The second-order valence-electron chi connectivity index (χ2n) is 8.16. The lowest BCUT2D eigenvalue weighted by Crippen LogP contribution is -2.36. The maximum atomic E-state index is 12.1. The molecule has 6 heteroatoms. The molecule has 1 saturated heterocycles. The van der Waals surface area contributed by atoms with Crippen LogP contribution in [0.3, 0.4) is 0 Å². The van der Waals surface area contributed by atoms with E-state index in [-0.39, 0.29) is 5.56 Å². The molecule has 0 radical (unpaired) electrons. The third-order valence-corrected chi connectivity index (χ3v) is 6.18. The molecule has 0 N–H and O–H groups in total. The van der Waals surface area contributed by atoms with E-state index in [0.29, 0.717) is 11.8 Å². The monoisotopic (exact) mass is 354 g/mol. The molecule has 0 bridgehead atoms. The predicted molar refractivity (Wildman–Crippen MR) is 97.0 cm³/mol. The quantitative estimate of drug-likeness (QED) is 0.825. The third kappa shape index (κ3) is 3.22. The van der Waals surface area contributed by atoms with Gasteiger partial charge >= 0.3 is 0 Å². The Morgan fingerprint density at radius 1 is 1.12 bits per heavy atom. The molecule has 6 nitrogen and oxygen atoms in total. The number of aryl methyl sites for hydroxylation is 1. The average Bonchev–Trinajstić information content (AvgIpc) is 3.28. The third-order valence-electron chi connectivity index (χ3n) is 6.18. The molecule has 0 aromatic carbocycles. The summed E-state index contributed by atoms with van der Waals surface area (Å²) in [6.07, 6.45) is 8.03. The second kappa shape index (κ2) is 6.65. The maximum absolute atomic E-state index is 12.1. The van der Waals surface area contributed by atoms with Crippen LogP contribution in [-0.4, -0.2) is 32.9 Å². The van der Waals surface area contributed by atoms with Crippen LogP contribution in [0, 0.1) is 5.92 Å². The summed E-state index contributed by atoms with van der Waals surface area (Å²) in [6, 6.07) is 3.61. The highest BCUT2D eigenvalue weighted by atomic mass is 16.5. The minimum atomic E-state index is 0.0370. The fourth-order valence-electron chi connectivity index (χ4n) is 4.39. The highest BCUT2D eigenvalue weighted by Gasteiger charge is 2.27. The van der Waals surface area contributed by atoms with E-state index in [9.17, 15) is 4.79 Å². The normalized spacial score (nSPS) is 21.2. The summed E-state index contributed by atoms with van der Waals surface area (Å²) in [5.41, 5.74) is 3.64. The molecule has 0 unspecified atom stereocenters. The van der Waals surface area contributed by atoms with Crippen LogP contribution >= 0.6 is 0 Å². The van der Waals surface area contributed by atoms with Crippen LogP contribution in [0.15, 0.2) is 21.5 Å². The van der Waals surface area contributed by atoms with E-state index in [1.165, 1.54) is 24.8 Å². The molecule has 26 heavy (non-hydrogen) atoms. The molecule has 0 spiro atoms. The van der Waals surface area contributed by atoms with Gasteiger partial charge in [0.15, 0.2) is 0 Å². The van der Waals surface area contributed by atoms with E-state index in [1.54, 1.807) is 10.7 Å². The predicted octanol–water partition coefficient (Wildman–Crippen LogP) is 2.51. The first-order valence-electron chi connectivity index (χ1n) is 10.0. The smallest absolute Gasteiger partial charge is 0.266 e. The SMILES string of the molecule is O=c1ccc(C2CC2)nn1CC1CCN(Cc2noc3c2CCC3)CC1. The molecular weight excluding hydrogens is 328 g/mol. The minimum absolute atomic E-state index is 0.0370. The zero-order valence-corrected chi connectivity index (χ0v) is 15.2. The fourth-order valence-corrected chi connectivity index (χ4v) is 4.39. The van der Waals surface area contributed by atoms with Crippen molar-refractivity contribution in [2.24, 2.45) is 5.92 Å². The number of hydrogen-bond acceptors (Lipinski definition) is 5. The van der Waals surface area contributed by atoms with Gasteiger partial charge in [0.25, 0.3) is 5.56 Å². The van der Waals surface area contributed by atoms with Gasteiger partial charge in [0.05, 0.1) is 5.69 Å². The lowest BCUT2D eigenvalue weighted by atomic mass is 9.96. The number of nitrogens with zero attached hydrogens (tertiary/aromatic N) is 4. The summed E-state index contributed by atoms with van der Waals surface area (Å²) in [5.74, 6) is 2.23. The molecule has 1 aliphatic heterocycles. The van der Waals surface area contributed by atoms with Crippen LogP contribution in [0.1, 0.15) is 60.7 Å². The summed E-state index contributed by atoms with van der Waals surface area (Å²) in [7, 11) is 0. The van der Waals surface area contributed by atoms with E-state index >= 15 is 0 Å². The van der Waals surface area contributed by atoms with E-state index < -0.39 is 0 Å². The molecule has 5 rings (SSSR count). The van der Waals surface area contributed by atoms with Gasteiger partial charge in [0.2, 0.25) is 0 Å². The van der Waals surface area contributed by atoms with Gasteiger partial charge in [-0.1, -0.05) is 5.16 Å². The average molecular weight is 354 g/mol. The molecule has 3 aliphatic rings. The van der Waals surface area contributed by atoms with Crippen molar-refractivity contribution >= 4 is 0 Å². The van der Waals surface area contributed by atoms with Crippen LogP contribution in [0.5, 0.6) is 0 Å². The Labute approximate surface area is 153 Å². The van der Waals surface area contributed by atoms with Crippen molar-refractivity contribution in [3.8, 4) is 0 Å². The van der Waals surface area contributed by atoms with Crippen molar-refractivity contribution in [3.63, 3.8) is 0 Å². The molecule has 138 valence electrons. The van der Waals surface area contributed by atoms with E-state index in [0.717, 1.165) is 69.0 Å². The number of aromatic nitrogens is 3. The minimum Gasteiger partial charge on any atom is -0.361 e. The highest BCUT2D eigenvalue weighted by Crippen LogP contribution is 2.38. The van der Waals surface area contributed by atoms with Gasteiger partial charge in [-0.15, -0.1) is 0 Å². The van der Waals surface area contributed by atoms with Gasteiger partial charge in [0.1, 0.15) is 11.5 Å². The standard InChI is InChI=1S/C20H26N4O2/c25-20-7-6-17(15-4-5-15)21-24(20)12-14-8-10-23(11-9-14)13-18-16-2-1-3-19(16)26-22-18/h6-7,14-15H,1-5,8-13H2. The summed E-state index contributed by atoms with van der Waals surface area (Å²) in [5, 5.41) is 8.91. The van der Waals surface area contributed by atoms with E-state index in [1.807, 2.05) is 6.07 Å². The van der Waals surface area contributed by atoms with Crippen molar-refractivity contribution in [1.29, 1.82) is 0 Å². The van der Waals surface area contributed by atoms with E-state index in [4.69, 9.17) is 4.52 Å². The number of fused-ring (bicyclic) bond motifs is 1. The second-order valence-corrected chi connectivity index (χ2v) is 8.16. The summed E-state index contributed by atoms with van der Waals surface area (Å²) < 4.78 is 7.18. The lowest BCUT2D eigenvalue weighted by Gasteiger charge is -2.31. The highest BCUT2D eigenvalue weighted by molar-refractivity contribution is 5.27. The zero-order valence-electron chi connectivity index (χ0n) is 15.2. The van der Waals surface area contributed by atoms with Crippen molar-refractivity contribution < 1.29 is 4.52 Å². The molecule has 2 fully saturated rings. The Morgan fingerprint density at radius 3 is 2.77 bits per heavy atom. The van der Waals surface area contributed by atoms with Crippen molar-refractivity contribution in [3.05, 3.63) is 45.2 Å². The van der Waals surface area contributed by atoms with Gasteiger partial charge in [-0.25, -0.2) is 4.68 Å². The number of piperidine rings is 1. The first-order chi connectivity index (χ1) is 12.8. The Balaban J connectivity index is 1.18. The van der Waals surface area contributed by atoms with Gasteiger partial charge in [-0.05, 0) is 63.6 Å². The van der Waals surface area contributed by atoms with Crippen molar-refractivity contribution in [2.75, 3.05) is 13.1 Å². The number of hydrogen-bond donors (Lipinski definition) is 0. The molecule has 2 aromatic heterocycles. The van der Waals surface area contributed by atoms with Crippen LogP contribution in [0.2, 0.25) is 0 Å². The number of rotatable bonds is 5. The Hall–Kier alpha value is -1.95. The van der Waals surface area contributed by atoms with Crippen LogP contribution in [0.4, 0.5) is 0 Å². The maximum Gasteiger partial charge on any atom is 0.266 e. The summed E-state index contributed by atoms with van der Waals surface area (Å²) in [6.45, 7) is 3.78. The first kappa shape index (κ1) is 16.2. The first-order valence-corrected chi connectivity index (χ1v) is 10.0. The number of likely N-dealkylation sites (tertiary alicyclic amines) is 1. The van der Waals surface area contributed by atoms with Crippen molar-refractivity contribution in [2.45, 2.75) is 64.0 Å². The van der Waals surface area contributed by atoms with Gasteiger partial charge < -0.3 is 4.52 Å².